The fourth-order valence-electron chi connectivity index (χ4n) is 3.17. The van der Waals surface area contributed by atoms with Gasteiger partial charge in [-0.2, -0.15) is 0 Å². The zero-order valence-corrected chi connectivity index (χ0v) is 15.0. The van der Waals surface area contributed by atoms with E-state index in [1.54, 1.807) is 0 Å². The van der Waals surface area contributed by atoms with Crippen LogP contribution >= 0.6 is 0 Å². The Labute approximate surface area is 142 Å². The number of sulfonamides is 1. The topological polar surface area (TPSA) is 95.8 Å². The average molecular weight is 356 g/mol. The largest absolute Gasteiger partial charge is 0.369 e. The van der Waals surface area contributed by atoms with Crippen LogP contribution < -0.4 is 9.62 Å². The molecule has 1 aromatic carbocycles. The zero-order valence-electron chi connectivity index (χ0n) is 14.2. The van der Waals surface area contributed by atoms with E-state index in [1.165, 1.54) is 19.2 Å². The molecule has 0 spiro atoms. The highest BCUT2D eigenvalue weighted by Gasteiger charge is 2.25. The maximum Gasteiger partial charge on any atom is 0.293 e. The van der Waals surface area contributed by atoms with Gasteiger partial charge in [0.1, 0.15) is 5.69 Å². The smallest absolute Gasteiger partial charge is 0.293 e. The quantitative estimate of drug-likeness (QED) is 0.609. The second-order valence-corrected chi connectivity index (χ2v) is 8.15. The van der Waals surface area contributed by atoms with E-state index in [0.717, 1.165) is 32.0 Å². The number of rotatable bonds is 6. The summed E-state index contributed by atoms with van der Waals surface area (Å²) in [5.41, 5.74) is 0.237. The van der Waals surface area contributed by atoms with Crippen LogP contribution in [0.1, 0.15) is 12.8 Å². The summed E-state index contributed by atoms with van der Waals surface area (Å²) in [7, 11) is 1.45. The van der Waals surface area contributed by atoms with E-state index in [9.17, 15) is 18.5 Å². The molecule has 1 aliphatic rings. The third-order valence-electron chi connectivity index (χ3n) is 4.39. The van der Waals surface area contributed by atoms with Gasteiger partial charge in [0.2, 0.25) is 10.0 Å². The highest BCUT2D eigenvalue weighted by atomic mass is 32.2. The number of anilines is 1. The molecule has 0 aromatic heterocycles. The van der Waals surface area contributed by atoms with E-state index in [1.807, 2.05) is 11.9 Å². The Kier molecular flexibility index (Phi) is 5.79. The average Bonchev–Trinajstić information content (AvgIpc) is 2.54. The van der Waals surface area contributed by atoms with Gasteiger partial charge >= 0.3 is 0 Å². The van der Waals surface area contributed by atoms with Crippen molar-refractivity contribution in [2.45, 2.75) is 17.7 Å². The number of nitrogens with zero attached hydrogens (tertiary/aromatic N) is 3. The van der Waals surface area contributed by atoms with Crippen molar-refractivity contribution in [3.63, 3.8) is 0 Å². The van der Waals surface area contributed by atoms with Gasteiger partial charge in [-0.15, -0.1) is 0 Å². The van der Waals surface area contributed by atoms with Crippen molar-refractivity contribution < 1.29 is 13.3 Å². The monoisotopic (exact) mass is 356 g/mol. The molecular weight excluding hydrogens is 332 g/mol. The second-order valence-electron chi connectivity index (χ2n) is 6.27. The Morgan fingerprint density at radius 3 is 2.75 bits per heavy atom. The maximum absolute atomic E-state index is 11.9. The fourth-order valence-corrected chi connectivity index (χ4v) is 3.91. The highest BCUT2D eigenvalue weighted by Crippen LogP contribution is 2.31. The van der Waals surface area contributed by atoms with Crippen molar-refractivity contribution >= 4 is 21.4 Å². The minimum Gasteiger partial charge on any atom is -0.369 e. The number of nitrogens with one attached hydrogen (secondary N) is 1. The lowest BCUT2D eigenvalue weighted by molar-refractivity contribution is -0.384. The van der Waals surface area contributed by atoms with Crippen LogP contribution in [-0.2, 0) is 10.0 Å². The molecule has 0 radical (unpaired) electrons. The minimum absolute atomic E-state index is 0.105. The summed E-state index contributed by atoms with van der Waals surface area (Å²) in [4.78, 5) is 14.9. The number of nitro benzene ring substituents is 1. The summed E-state index contributed by atoms with van der Waals surface area (Å²) in [5.74, 6) is 0.439. The van der Waals surface area contributed by atoms with E-state index in [4.69, 9.17) is 0 Å². The van der Waals surface area contributed by atoms with Crippen LogP contribution in [0.25, 0.3) is 0 Å². The Morgan fingerprint density at radius 2 is 2.17 bits per heavy atom. The van der Waals surface area contributed by atoms with E-state index >= 15 is 0 Å². The van der Waals surface area contributed by atoms with Gasteiger partial charge in [0.25, 0.3) is 5.69 Å². The van der Waals surface area contributed by atoms with Gasteiger partial charge in [-0.05, 0) is 51.5 Å². The summed E-state index contributed by atoms with van der Waals surface area (Å²) in [6.07, 6.45) is 2.21. The van der Waals surface area contributed by atoms with E-state index in [-0.39, 0.29) is 10.6 Å². The summed E-state index contributed by atoms with van der Waals surface area (Å²) in [5, 5.41) is 11.4. The molecule has 9 heteroatoms. The third-order valence-corrected chi connectivity index (χ3v) is 5.80. The molecule has 1 saturated heterocycles. The van der Waals surface area contributed by atoms with Crippen LogP contribution in [0.3, 0.4) is 0 Å². The van der Waals surface area contributed by atoms with Gasteiger partial charge < -0.3 is 9.80 Å². The summed E-state index contributed by atoms with van der Waals surface area (Å²) in [6.45, 7) is 2.74. The van der Waals surface area contributed by atoms with Crippen LogP contribution in [0.4, 0.5) is 11.4 Å². The molecule has 1 unspecified atom stereocenters. The molecule has 1 fully saturated rings. The minimum atomic E-state index is -3.71. The maximum atomic E-state index is 11.9. The summed E-state index contributed by atoms with van der Waals surface area (Å²) < 4.78 is 25.9. The fraction of sp³-hybridized carbons (Fsp3) is 0.600. The lowest BCUT2D eigenvalue weighted by Crippen LogP contribution is -2.38. The predicted molar refractivity (Wildman–Crippen MR) is 92.8 cm³/mol. The number of benzene rings is 1. The Balaban J connectivity index is 2.27. The van der Waals surface area contributed by atoms with Gasteiger partial charge in [0.05, 0.1) is 9.82 Å². The third kappa shape index (κ3) is 4.22. The van der Waals surface area contributed by atoms with Gasteiger partial charge in [-0.3, -0.25) is 10.1 Å². The van der Waals surface area contributed by atoms with Gasteiger partial charge in [0.15, 0.2) is 0 Å². The molecule has 24 heavy (non-hydrogen) atoms. The molecule has 0 aliphatic carbocycles. The van der Waals surface area contributed by atoms with Crippen molar-refractivity contribution in [3.8, 4) is 0 Å². The summed E-state index contributed by atoms with van der Waals surface area (Å²) >= 11 is 0. The second kappa shape index (κ2) is 7.45. The van der Waals surface area contributed by atoms with Crippen LogP contribution in [0.2, 0.25) is 0 Å². The number of hydrogen-bond donors (Lipinski definition) is 1. The molecule has 0 bridgehead atoms. The first kappa shape index (κ1) is 18.6. The molecule has 0 amide bonds. The molecule has 2 rings (SSSR count). The SMILES string of the molecule is CNS(=O)(=O)c1ccc(N(C)CC2CCCN(C)C2)c([N+](=O)[O-])c1. The summed E-state index contributed by atoms with van der Waals surface area (Å²) in [6, 6.07) is 4.03. The first-order chi connectivity index (χ1) is 11.2. The molecule has 1 N–H and O–H groups in total. The van der Waals surface area contributed by atoms with Crippen LogP contribution in [-0.4, -0.2) is 59.0 Å². The predicted octanol–water partition coefficient (Wildman–Crippen LogP) is 1.28. The molecule has 1 aliphatic heterocycles. The highest BCUT2D eigenvalue weighted by molar-refractivity contribution is 7.89. The van der Waals surface area contributed by atoms with Crippen LogP contribution in [0.5, 0.6) is 0 Å². The molecule has 134 valence electrons. The normalized spacial score (nSPS) is 19.2. The number of hydrogen-bond acceptors (Lipinski definition) is 6. The first-order valence-corrected chi connectivity index (χ1v) is 9.34. The van der Waals surface area contributed by atoms with Crippen molar-refractivity contribution in [2.24, 2.45) is 5.92 Å². The van der Waals surface area contributed by atoms with E-state index in [0.29, 0.717) is 18.2 Å². The Bertz CT molecular complexity index is 707. The molecular formula is C15H24N4O4S. The first-order valence-electron chi connectivity index (χ1n) is 7.86. The Morgan fingerprint density at radius 1 is 1.46 bits per heavy atom. The van der Waals surface area contributed by atoms with Crippen LogP contribution in [0.15, 0.2) is 23.1 Å². The zero-order chi connectivity index (χ0) is 17.9. The van der Waals surface area contributed by atoms with E-state index < -0.39 is 14.9 Å². The van der Waals surface area contributed by atoms with Crippen molar-refractivity contribution in [2.75, 3.05) is 45.7 Å². The molecule has 8 nitrogen and oxygen atoms in total. The molecule has 1 heterocycles. The van der Waals surface area contributed by atoms with Crippen molar-refractivity contribution in [1.29, 1.82) is 0 Å². The number of likely N-dealkylation sites (tertiary alicyclic amines) is 1. The number of nitro groups is 1. The van der Waals surface area contributed by atoms with Crippen molar-refractivity contribution in [3.05, 3.63) is 28.3 Å². The van der Waals surface area contributed by atoms with Gasteiger partial charge in [-0.1, -0.05) is 0 Å². The van der Waals surface area contributed by atoms with Gasteiger partial charge in [-0.25, -0.2) is 13.1 Å². The molecule has 1 atom stereocenters. The lowest BCUT2D eigenvalue weighted by Gasteiger charge is -2.33. The van der Waals surface area contributed by atoms with Crippen molar-refractivity contribution in [1.82, 2.24) is 9.62 Å². The van der Waals surface area contributed by atoms with E-state index in [2.05, 4.69) is 16.7 Å². The lowest BCUT2D eigenvalue weighted by atomic mass is 9.98. The Hall–Kier alpha value is -1.71. The standard InChI is InChI=1S/C15H24N4O4S/c1-16-24(22,23)13-6-7-14(15(9-13)19(20)21)18(3)11-12-5-4-8-17(2)10-12/h6-7,9,12,16H,4-5,8,10-11H2,1-3H3. The van der Waals surface area contributed by atoms with Crippen LogP contribution in [0, 0.1) is 16.0 Å². The molecule has 0 saturated carbocycles. The number of piperidine rings is 1. The van der Waals surface area contributed by atoms with Gasteiger partial charge in [0, 0.05) is 26.2 Å². The molecule has 1 aromatic rings.